The summed E-state index contributed by atoms with van der Waals surface area (Å²) in [6.07, 6.45) is -4.65. The first-order chi connectivity index (χ1) is 10.3. The second-order valence-electron chi connectivity index (χ2n) is 4.32. The molecule has 0 aliphatic carbocycles. The van der Waals surface area contributed by atoms with Gasteiger partial charge in [0.2, 0.25) is 0 Å². The Kier molecular flexibility index (Phi) is 4.70. The molecule has 0 spiro atoms. The van der Waals surface area contributed by atoms with E-state index in [-0.39, 0.29) is 12.4 Å². The summed E-state index contributed by atoms with van der Waals surface area (Å²) in [5, 5.41) is 10.9. The van der Waals surface area contributed by atoms with E-state index in [0.29, 0.717) is 6.07 Å². The number of nitro benzene ring substituents is 1. The highest BCUT2D eigenvalue weighted by molar-refractivity contribution is 9.10. The largest absolute Gasteiger partial charge is 0.482 e. The minimum absolute atomic E-state index is 0.00632. The number of hydrogen-bond donors (Lipinski definition) is 0. The summed E-state index contributed by atoms with van der Waals surface area (Å²) in [5.74, 6) is -0.214. The lowest BCUT2D eigenvalue weighted by atomic mass is 10.2. The van der Waals surface area contributed by atoms with Crippen molar-refractivity contribution >= 4 is 21.6 Å². The smallest absolute Gasteiger partial charge is 0.416 e. The molecule has 0 fully saturated rings. The molecule has 0 heterocycles. The van der Waals surface area contributed by atoms with E-state index < -0.39 is 22.4 Å². The molecular weight excluding hydrogens is 367 g/mol. The summed E-state index contributed by atoms with van der Waals surface area (Å²) in [6, 6.07) is 9.22. The average molecular weight is 376 g/mol. The Morgan fingerprint density at radius 2 is 1.86 bits per heavy atom. The molecule has 0 aliphatic heterocycles. The molecule has 116 valence electrons. The highest BCUT2D eigenvalue weighted by Crippen LogP contribution is 2.36. The van der Waals surface area contributed by atoms with Gasteiger partial charge in [-0.05, 0) is 18.2 Å². The molecule has 0 N–H and O–H groups in total. The van der Waals surface area contributed by atoms with Gasteiger partial charge in [-0.15, -0.1) is 0 Å². The van der Waals surface area contributed by atoms with Crippen molar-refractivity contribution in [2.24, 2.45) is 0 Å². The Balaban J connectivity index is 2.27. The van der Waals surface area contributed by atoms with Crippen LogP contribution in [0.3, 0.4) is 0 Å². The molecule has 2 aromatic carbocycles. The number of rotatable bonds is 4. The number of halogens is 4. The normalized spacial score (nSPS) is 11.3. The van der Waals surface area contributed by atoms with Gasteiger partial charge in [0.1, 0.15) is 6.61 Å². The van der Waals surface area contributed by atoms with Crippen molar-refractivity contribution in [3.05, 3.63) is 68.2 Å². The fraction of sp³-hybridized carbons (Fsp3) is 0.143. The third-order valence-corrected chi connectivity index (χ3v) is 3.60. The molecule has 0 aliphatic rings. The minimum Gasteiger partial charge on any atom is -0.482 e. The van der Waals surface area contributed by atoms with Crippen LogP contribution in [0.5, 0.6) is 5.75 Å². The molecule has 0 unspecified atom stereocenters. The van der Waals surface area contributed by atoms with Crippen LogP contribution in [-0.4, -0.2) is 4.92 Å². The van der Waals surface area contributed by atoms with E-state index in [1.54, 1.807) is 24.3 Å². The maximum absolute atomic E-state index is 12.6. The van der Waals surface area contributed by atoms with E-state index >= 15 is 0 Å². The Morgan fingerprint density at radius 3 is 2.45 bits per heavy atom. The summed E-state index contributed by atoms with van der Waals surface area (Å²) in [4.78, 5) is 10.0. The Labute approximate surface area is 131 Å². The van der Waals surface area contributed by atoms with Crippen molar-refractivity contribution in [1.82, 2.24) is 0 Å². The van der Waals surface area contributed by atoms with Gasteiger partial charge < -0.3 is 4.74 Å². The Hall–Kier alpha value is -2.09. The van der Waals surface area contributed by atoms with Crippen molar-refractivity contribution in [1.29, 1.82) is 0 Å². The van der Waals surface area contributed by atoms with Crippen LogP contribution < -0.4 is 4.74 Å². The van der Waals surface area contributed by atoms with Gasteiger partial charge in [-0.1, -0.05) is 34.1 Å². The highest BCUT2D eigenvalue weighted by Gasteiger charge is 2.33. The van der Waals surface area contributed by atoms with Crippen molar-refractivity contribution in [2.75, 3.05) is 0 Å². The van der Waals surface area contributed by atoms with Crippen LogP contribution in [0, 0.1) is 10.1 Å². The molecule has 0 saturated carbocycles. The maximum Gasteiger partial charge on any atom is 0.416 e. The standard InChI is InChI=1S/C14H9BrF3NO3/c15-11-4-2-1-3-9(11)8-22-13-6-5-10(14(16,17)18)7-12(13)19(20)21/h1-7H,8H2. The van der Waals surface area contributed by atoms with Crippen LogP contribution in [-0.2, 0) is 12.8 Å². The maximum atomic E-state index is 12.6. The predicted molar refractivity (Wildman–Crippen MR) is 76.6 cm³/mol. The number of ether oxygens (including phenoxy) is 1. The number of alkyl halides is 3. The molecule has 4 nitrogen and oxygen atoms in total. The summed E-state index contributed by atoms with van der Waals surface area (Å²) >= 11 is 3.29. The SMILES string of the molecule is O=[N+]([O-])c1cc(C(F)(F)F)ccc1OCc1ccccc1Br. The lowest BCUT2D eigenvalue weighted by molar-refractivity contribution is -0.386. The van der Waals surface area contributed by atoms with Crippen molar-refractivity contribution in [3.63, 3.8) is 0 Å². The Morgan fingerprint density at radius 1 is 1.18 bits per heavy atom. The lowest BCUT2D eigenvalue weighted by Crippen LogP contribution is -2.07. The van der Waals surface area contributed by atoms with Gasteiger partial charge in [0.25, 0.3) is 0 Å². The summed E-state index contributed by atoms with van der Waals surface area (Å²) in [5.41, 5.74) is -1.09. The number of nitro groups is 1. The summed E-state index contributed by atoms with van der Waals surface area (Å²) in [6.45, 7) is -0.00632. The lowest BCUT2D eigenvalue weighted by Gasteiger charge is -2.11. The molecule has 0 saturated heterocycles. The van der Waals surface area contributed by atoms with E-state index in [4.69, 9.17) is 4.74 Å². The molecule has 0 amide bonds. The highest BCUT2D eigenvalue weighted by atomic mass is 79.9. The zero-order valence-electron chi connectivity index (χ0n) is 10.9. The predicted octanol–water partition coefficient (Wildman–Crippen LogP) is 4.96. The first-order valence-corrected chi connectivity index (χ1v) is 6.80. The summed E-state index contributed by atoms with van der Waals surface area (Å²) in [7, 11) is 0. The van der Waals surface area contributed by atoms with Gasteiger partial charge in [0.15, 0.2) is 5.75 Å². The Bertz CT molecular complexity index is 704. The van der Waals surface area contributed by atoms with Gasteiger partial charge in [0.05, 0.1) is 10.5 Å². The van der Waals surface area contributed by atoms with Crippen molar-refractivity contribution in [3.8, 4) is 5.75 Å². The molecule has 2 rings (SSSR count). The third kappa shape index (κ3) is 3.76. The quantitative estimate of drug-likeness (QED) is 0.560. The third-order valence-electron chi connectivity index (χ3n) is 2.82. The molecule has 8 heteroatoms. The monoisotopic (exact) mass is 375 g/mol. The van der Waals surface area contributed by atoms with Crippen LogP contribution in [0.4, 0.5) is 18.9 Å². The number of benzene rings is 2. The van der Waals surface area contributed by atoms with Crippen molar-refractivity contribution in [2.45, 2.75) is 12.8 Å². The second-order valence-corrected chi connectivity index (χ2v) is 5.17. The average Bonchev–Trinajstić information content (AvgIpc) is 2.45. The van der Waals surface area contributed by atoms with Gasteiger partial charge in [0, 0.05) is 16.1 Å². The molecule has 2 aromatic rings. The number of nitrogens with zero attached hydrogens (tertiary/aromatic N) is 1. The van der Waals surface area contributed by atoms with Crippen LogP contribution in [0.1, 0.15) is 11.1 Å². The van der Waals surface area contributed by atoms with Crippen LogP contribution >= 0.6 is 15.9 Å². The van der Waals surface area contributed by atoms with E-state index in [2.05, 4.69) is 15.9 Å². The van der Waals surface area contributed by atoms with Crippen LogP contribution in [0.25, 0.3) is 0 Å². The number of hydrogen-bond acceptors (Lipinski definition) is 3. The molecule has 0 bridgehead atoms. The molecule has 0 radical (unpaired) electrons. The summed E-state index contributed by atoms with van der Waals surface area (Å²) < 4.78 is 43.8. The van der Waals surface area contributed by atoms with E-state index in [9.17, 15) is 23.3 Å². The van der Waals surface area contributed by atoms with E-state index in [1.165, 1.54) is 0 Å². The topological polar surface area (TPSA) is 52.4 Å². The van der Waals surface area contributed by atoms with Gasteiger partial charge in [-0.2, -0.15) is 13.2 Å². The molecule has 22 heavy (non-hydrogen) atoms. The van der Waals surface area contributed by atoms with Crippen LogP contribution in [0.2, 0.25) is 0 Å². The first kappa shape index (κ1) is 16.3. The van der Waals surface area contributed by atoms with E-state index in [1.807, 2.05) is 0 Å². The molecule has 0 atom stereocenters. The fourth-order valence-corrected chi connectivity index (χ4v) is 2.13. The molecule has 0 aromatic heterocycles. The van der Waals surface area contributed by atoms with Gasteiger partial charge in [-0.3, -0.25) is 10.1 Å². The minimum atomic E-state index is -4.65. The van der Waals surface area contributed by atoms with E-state index in [0.717, 1.165) is 22.2 Å². The van der Waals surface area contributed by atoms with Gasteiger partial charge >= 0.3 is 11.9 Å². The van der Waals surface area contributed by atoms with Crippen LogP contribution in [0.15, 0.2) is 46.9 Å². The zero-order valence-corrected chi connectivity index (χ0v) is 12.5. The van der Waals surface area contributed by atoms with Crippen molar-refractivity contribution < 1.29 is 22.8 Å². The zero-order chi connectivity index (χ0) is 16.3. The first-order valence-electron chi connectivity index (χ1n) is 6.01. The second kappa shape index (κ2) is 6.35. The van der Waals surface area contributed by atoms with Gasteiger partial charge in [-0.25, -0.2) is 0 Å². The molecular formula is C14H9BrF3NO3. The fourth-order valence-electron chi connectivity index (χ4n) is 1.73.